The Labute approximate surface area is 440 Å². The maximum absolute atomic E-state index is 14.5. The van der Waals surface area contributed by atoms with Crippen LogP contribution in [-0.4, -0.2) is 93.1 Å². The lowest BCUT2D eigenvalue weighted by Gasteiger charge is -2.49. The molecule has 19 nitrogen and oxygen atoms in total. The van der Waals surface area contributed by atoms with Crippen molar-refractivity contribution in [2.45, 2.75) is 96.4 Å². The third-order valence-electron chi connectivity index (χ3n) is 10.7. The predicted octanol–water partition coefficient (Wildman–Crippen LogP) is 8.33. The Morgan fingerprint density at radius 1 is 0.851 bits per heavy atom. The van der Waals surface area contributed by atoms with E-state index in [0.29, 0.717) is 33.7 Å². The first-order chi connectivity index (χ1) is 35.2. The summed E-state index contributed by atoms with van der Waals surface area (Å²) in [6.45, 7) is 11.7. The second kappa shape index (κ2) is 23.6. The first-order valence-electron chi connectivity index (χ1n) is 23.1. The first-order valence-corrected chi connectivity index (χ1v) is 25.4. The van der Waals surface area contributed by atoms with Crippen molar-refractivity contribution in [2.75, 3.05) is 23.5 Å². The number of methoxy groups -OCH3 is 1. The molecule has 3 aromatic carbocycles. The number of β-lactam (4-membered cyclic amide) rings is 1. The summed E-state index contributed by atoms with van der Waals surface area (Å²) >= 11 is 8.76. The Morgan fingerprint density at radius 2 is 1.45 bits per heavy atom. The molecule has 2 unspecified atom stereocenters. The number of ether oxygens (including phenoxy) is 5. The van der Waals surface area contributed by atoms with Gasteiger partial charge in [0.05, 0.1) is 12.8 Å². The molecule has 7 rings (SSSR count). The van der Waals surface area contributed by atoms with E-state index in [1.54, 1.807) is 94.9 Å². The average Bonchev–Trinajstić information content (AvgIpc) is 3.72. The maximum atomic E-state index is 14.5. The number of rotatable bonds is 17. The lowest BCUT2D eigenvalue weighted by Crippen LogP contribution is -2.71. The van der Waals surface area contributed by atoms with Gasteiger partial charge in [-0.1, -0.05) is 101 Å². The number of hydrogen-bond acceptors (Lipinski definition) is 16. The summed E-state index contributed by atoms with van der Waals surface area (Å²) in [5.41, 5.74) is 0.712. The van der Waals surface area contributed by atoms with Gasteiger partial charge in [-0.3, -0.25) is 25.1 Å². The number of aromatic nitrogens is 2. The van der Waals surface area contributed by atoms with Gasteiger partial charge >= 0.3 is 24.1 Å². The van der Waals surface area contributed by atoms with Crippen LogP contribution in [0.1, 0.15) is 77.0 Å². The number of nitrogens with one attached hydrogen (secondary N) is 3. The molecule has 74 heavy (non-hydrogen) atoms. The molecule has 2 aromatic heterocycles. The third kappa shape index (κ3) is 14.2. The molecule has 22 heteroatoms. The number of oxime groups is 1. The zero-order chi connectivity index (χ0) is 53.3. The molecule has 388 valence electrons. The second-order valence-corrected chi connectivity index (χ2v) is 21.4. The van der Waals surface area contributed by atoms with Crippen molar-refractivity contribution in [3.63, 3.8) is 0 Å². The molecule has 0 bridgehead atoms. The Bertz CT molecular complexity index is 2890. The van der Waals surface area contributed by atoms with E-state index in [4.69, 9.17) is 40.1 Å². The number of thioether (sulfide) groups is 1. The van der Waals surface area contributed by atoms with Gasteiger partial charge in [0, 0.05) is 23.5 Å². The average molecular weight is 1070 g/mol. The highest BCUT2D eigenvalue weighted by atomic mass is 35.5. The third-order valence-corrected chi connectivity index (χ3v) is 13.2. The fourth-order valence-electron chi connectivity index (χ4n) is 7.28. The number of carbonyl (C=O) groups excluding carboxylic acids is 6. The van der Waals surface area contributed by atoms with Crippen LogP contribution in [0, 0.1) is 0 Å². The number of hydrogen-bond donors (Lipinski definition) is 3. The van der Waals surface area contributed by atoms with Crippen LogP contribution >= 0.6 is 34.7 Å². The van der Waals surface area contributed by atoms with Crippen molar-refractivity contribution in [2.24, 2.45) is 5.16 Å². The molecule has 0 saturated carbocycles. The molecular weight excluding hydrogens is 1010 g/mol. The van der Waals surface area contributed by atoms with Gasteiger partial charge in [0.25, 0.3) is 11.8 Å². The van der Waals surface area contributed by atoms with Crippen LogP contribution in [0.25, 0.3) is 0 Å². The van der Waals surface area contributed by atoms with Crippen LogP contribution in [0.15, 0.2) is 126 Å². The van der Waals surface area contributed by atoms with Gasteiger partial charge < -0.3 is 33.8 Å². The number of halogens is 1. The molecule has 1 saturated heterocycles. The van der Waals surface area contributed by atoms with Crippen LogP contribution in [0.5, 0.6) is 5.75 Å². The van der Waals surface area contributed by atoms with Gasteiger partial charge in [0.2, 0.25) is 6.10 Å². The molecule has 1 fully saturated rings. The van der Waals surface area contributed by atoms with Gasteiger partial charge in [-0.25, -0.2) is 28.7 Å². The van der Waals surface area contributed by atoms with Crippen molar-refractivity contribution in [1.29, 1.82) is 0 Å². The number of anilines is 2. The summed E-state index contributed by atoms with van der Waals surface area (Å²) in [5, 5.41) is 11.1. The molecule has 3 N–H and O–H groups in total. The summed E-state index contributed by atoms with van der Waals surface area (Å²) in [6.07, 6.45) is -0.288. The topological polar surface area (TPSA) is 226 Å². The van der Waals surface area contributed by atoms with Crippen molar-refractivity contribution in [3.05, 3.63) is 147 Å². The van der Waals surface area contributed by atoms with E-state index in [1.165, 1.54) is 30.7 Å². The van der Waals surface area contributed by atoms with E-state index in [2.05, 4.69) is 26.1 Å². The number of benzene rings is 3. The molecule has 0 aliphatic carbocycles. The number of carbonyl (C=O) groups is 6. The minimum Gasteiger partial charge on any atom is -0.497 e. The highest BCUT2D eigenvalue weighted by molar-refractivity contribution is 8.00. The maximum Gasteiger partial charge on any atom is 0.413 e. The number of fused-ring (bicyclic) bond motifs is 1. The van der Waals surface area contributed by atoms with Gasteiger partial charge in [-0.05, 0) is 77.3 Å². The van der Waals surface area contributed by atoms with Crippen LogP contribution in [0.3, 0.4) is 0 Å². The lowest BCUT2D eigenvalue weighted by atomic mass is 10.0. The number of amides is 4. The summed E-state index contributed by atoms with van der Waals surface area (Å²) in [4.78, 5) is 93.1. The van der Waals surface area contributed by atoms with E-state index in [1.807, 2.05) is 60.7 Å². The van der Waals surface area contributed by atoms with Crippen LogP contribution < -0.4 is 25.3 Å². The van der Waals surface area contributed by atoms with E-state index in [9.17, 15) is 28.8 Å². The molecule has 4 amide bonds. The first kappa shape index (κ1) is 54.3. The van der Waals surface area contributed by atoms with Crippen molar-refractivity contribution >= 4 is 87.2 Å². The van der Waals surface area contributed by atoms with E-state index < -0.39 is 76.5 Å². The fourth-order valence-corrected chi connectivity index (χ4v) is 9.65. The highest BCUT2D eigenvalue weighted by Gasteiger charge is 2.55. The molecule has 0 spiro atoms. The number of nitrogens with zero attached hydrogens (tertiary/aromatic N) is 4. The fraction of sp³-hybridized carbons (Fsp3) is 0.327. The van der Waals surface area contributed by atoms with E-state index >= 15 is 0 Å². The molecule has 0 radical (unpaired) electrons. The van der Waals surface area contributed by atoms with Gasteiger partial charge in [-0.15, -0.1) is 11.8 Å². The molecule has 4 heterocycles. The Kier molecular flexibility index (Phi) is 17.3. The highest BCUT2D eigenvalue weighted by Crippen LogP contribution is 2.41. The Balaban J connectivity index is 1.14. The van der Waals surface area contributed by atoms with Crippen molar-refractivity contribution in [1.82, 2.24) is 15.2 Å². The number of thiazole rings is 1. The van der Waals surface area contributed by atoms with Crippen LogP contribution in [0.2, 0.25) is 4.34 Å². The van der Waals surface area contributed by atoms with Crippen LogP contribution in [-0.2, 0) is 56.1 Å². The predicted molar refractivity (Wildman–Crippen MR) is 276 cm³/mol. The van der Waals surface area contributed by atoms with E-state index in [-0.39, 0.29) is 39.8 Å². The lowest BCUT2D eigenvalue weighted by molar-refractivity contribution is -0.688. The standard InChI is InChI=1S/C52H54ClN7O12S2/c1-30(46(63)69-41(32-15-11-9-12-16-32)33-17-13-10-14-18-33)72-58-38(37-42(53)74-48(56-37)57-50(66)71-52(5,6)7)43(61)55-39-44(62)60-40(47(64)68-28-31-19-21-36(67-8)22-20-31)34(29-73-45(39)60)27-59-25-23-35(24-26-59)54-49(65)70-51(2,3)4/h9-26,30,39,41,45H,27-29H2,1-8H3,(H2,55,56,57,61,66)/p+1/b58-38-/t30-,39?,45?/m0/s1. The normalized spacial score (nSPS) is 16.0. The zero-order valence-electron chi connectivity index (χ0n) is 41.7. The minimum atomic E-state index is -1.40. The SMILES string of the molecule is COc1ccc(COC(=O)C2=C(C[n+]3ccc(NC(=O)OC(C)(C)C)cc3)CSC3C(NC(=O)/C(=N\O[C@@H](C)C(=O)OC(c4ccccc4)c4ccccc4)c4nc(NC(=O)OC(C)(C)C)sc4Cl)C(=O)N23)cc1. The number of esters is 2. The van der Waals surface area contributed by atoms with Gasteiger partial charge in [-0.2, -0.15) is 0 Å². The largest absolute Gasteiger partial charge is 0.497 e. The summed E-state index contributed by atoms with van der Waals surface area (Å²) in [7, 11) is 1.54. The summed E-state index contributed by atoms with van der Waals surface area (Å²) in [5.74, 6) is -2.39. The zero-order valence-corrected chi connectivity index (χ0v) is 44.1. The monoisotopic (exact) mass is 1070 g/mol. The molecule has 3 atom stereocenters. The quantitative estimate of drug-likeness (QED) is 0.0199. The molecule has 5 aromatic rings. The van der Waals surface area contributed by atoms with Crippen molar-refractivity contribution in [3.8, 4) is 5.75 Å². The number of pyridine rings is 1. The van der Waals surface area contributed by atoms with Crippen molar-refractivity contribution < 1.29 is 61.9 Å². The van der Waals surface area contributed by atoms with Gasteiger partial charge in [0.15, 0.2) is 35.9 Å². The Morgan fingerprint density at radius 3 is 2.03 bits per heavy atom. The molecular formula is C52H55ClN7O12S2+. The van der Waals surface area contributed by atoms with E-state index in [0.717, 1.165) is 11.3 Å². The molecule has 2 aliphatic heterocycles. The minimum absolute atomic E-state index is 0.00417. The van der Waals surface area contributed by atoms with Gasteiger partial charge in [0.1, 0.15) is 50.7 Å². The van der Waals surface area contributed by atoms with Crippen LogP contribution in [0.4, 0.5) is 20.4 Å². The summed E-state index contributed by atoms with van der Waals surface area (Å²) < 4.78 is 29.4. The summed E-state index contributed by atoms with van der Waals surface area (Å²) in [6, 6.07) is 27.2. The smallest absolute Gasteiger partial charge is 0.413 e. The molecule has 2 aliphatic rings. The Hall–Kier alpha value is -7.49. The second-order valence-electron chi connectivity index (χ2n) is 18.7.